The molecule has 1 N–H and O–H groups in total. The quantitative estimate of drug-likeness (QED) is 0.511. The van der Waals surface area contributed by atoms with E-state index in [2.05, 4.69) is 15.3 Å². The summed E-state index contributed by atoms with van der Waals surface area (Å²) in [6.07, 6.45) is 3.24. The number of thioether (sulfide) groups is 1. The highest BCUT2D eigenvalue weighted by molar-refractivity contribution is 8.01. The monoisotopic (exact) mass is 197 g/mol. The zero-order chi connectivity index (χ0) is 7.61. The van der Waals surface area contributed by atoms with Crippen molar-refractivity contribution < 1.29 is 0 Å². The summed E-state index contributed by atoms with van der Waals surface area (Å²) in [5.74, 6) is 0. The molecular weight excluding hydrogens is 193 g/mol. The highest BCUT2D eigenvalue weighted by Gasteiger charge is 2.25. The van der Waals surface area contributed by atoms with Crippen molar-refractivity contribution >= 4 is 46.6 Å². The number of nitrogens with one attached hydrogen (secondary N) is 1. The molecule has 1 rings (SSSR count). The molecule has 3 nitrogen and oxygen atoms in total. The average Bonchev–Trinajstić information content (AvgIpc) is 1.88. The van der Waals surface area contributed by atoms with Gasteiger partial charge in [0, 0.05) is 0 Å². The van der Waals surface area contributed by atoms with E-state index in [0.717, 1.165) is 0 Å². The van der Waals surface area contributed by atoms with E-state index < -0.39 is 4.45 Å². The summed E-state index contributed by atoms with van der Waals surface area (Å²) in [5, 5.41) is 2.86. The van der Waals surface area contributed by atoms with Gasteiger partial charge in [-0.1, -0.05) is 23.4 Å². The lowest BCUT2D eigenvalue weighted by molar-refractivity contribution is 0.882. The van der Waals surface area contributed by atoms with Crippen molar-refractivity contribution in [3.05, 3.63) is 0 Å². The Balaban J connectivity index is 2.78. The average molecular weight is 198 g/mol. The third kappa shape index (κ3) is 1.78. The van der Waals surface area contributed by atoms with Crippen LogP contribution in [0.1, 0.15) is 0 Å². The van der Waals surface area contributed by atoms with Gasteiger partial charge in [-0.25, -0.2) is 9.98 Å². The van der Waals surface area contributed by atoms with E-state index in [9.17, 15) is 0 Å². The molecule has 0 fully saturated rings. The van der Waals surface area contributed by atoms with Gasteiger partial charge in [0.05, 0.1) is 6.34 Å². The number of nitrogens with zero attached hydrogens (tertiary/aromatic N) is 2. The van der Waals surface area contributed by atoms with Crippen LogP contribution in [0.3, 0.4) is 0 Å². The highest BCUT2D eigenvalue weighted by atomic mass is 35.5. The fraction of sp³-hybridized carbons (Fsp3) is 0.500. The molecule has 0 spiro atoms. The Kier molecular flexibility index (Phi) is 2.44. The maximum atomic E-state index is 5.81. The van der Waals surface area contributed by atoms with E-state index in [0.29, 0.717) is 0 Å². The van der Waals surface area contributed by atoms with E-state index in [1.807, 2.05) is 6.26 Å². The molecule has 0 aromatic rings. The highest BCUT2D eigenvalue weighted by Crippen LogP contribution is 2.31. The number of hydrogen-bond donors (Lipinski definition) is 1. The van der Waals surface area contributed by atoms with Gasteiger partial charge in [-0.15, -0.1) is 0 Å². The van der Waals surface area contributed by atoms with Crippen LogP contribution >= 0.6 is 35.0 Å². The molecule has 0 amide bonds. The number of halogens is 2. The lowest BCUT2D eigenvalue weighted by Gasteiger charge is -2.18. The normalized spacial score (nSPS) is 31.3. The second-order valence-corrected chi connectivity index (χ2v) is 3.62. The Morgan fingerprint density at radius 1 is 1.80 bits per heavy atom. The van der Waals surface area contributed by atoms with Gasteiger partial charge in [0.1, 0.15) is 0 Å². The largest absolute Gasteiger partial charge is 0.322 e. The maximum absolute atomic E-state index is 5.81. The number of rotatable bonds is 1. The van der Waals surface area contributed by atoms with Crippen LogP contribution in [0.25, 0.3) is 0 Å². The first-order chi connectivity index (χ1) is 4.66. The Labute approximate surface area is 72.9 Å². The van der Waals surface area contributed by atoms with Gasteiger partial charge in [-0.2, -0.15) is 0 Å². The minimum Gasteiger partial charge on any atom is -0.322 e. The molecule has 6 heteroatoms. The first-order valence-electron chi connectivity index (χ1n) is 2.46. The van der Waals surface area contributed by atoms with Gasteiger partial charge in [-0.05, 0) is 17.9 Å². The lowest BCUT2D eigenvalue weighted by atomic mass is 10.9. The summed E-state index contributed by atoms with van der Waals surface area (Å²) < 4.78 is -0.956. The summed E-state index contributed by atoms with van der Waals surface area (Å²) in [5.41, 5.74) is 0. The molecular formula is C4H5Cl2N3S. The molecule has 10 heavy (non-hydrogen) atoms. The Bertz CT molecular complexity index is 193. The summed E-state index contributed by atoms with van der Waals surface area (Å²) in [4.78, 5) is 7.68. The first kappa shape index (κ1) is 8.17. The van der Waals surface area contributed by atoms with Crippen LogP contribution in [0.2, 0.25) is 0 Å². The van der Waals surface area contributed by atoms with E-state index in [-0.39, 0.29) is 5.29 Å². The molecule has 0 bridgehead atoms. The molecule has 0 radical (unpaired) electrons. The van der Waals surface area contributed by atoms with E-state index >= 15 is 0 Å². The number of alkyl halides is 1. The topological polar surface area (TPSA) is 36.8 Å². The molecule has 0 saturated carbocycles. The van der Waals surface area contributed by atoms with Gasteiger partial charge in [-0.3, -0.25) is 0 Å². The van der Waals surface area contributed by atoms with Crippen LogP contribution < -0.4 is 5.32 Å². The van der Waals surface area contributed by atoms with Crippen molar-refractivity contribution in [3.8, 4) is 0 Å². The van der Waals surface area contributed by atoms with Crippen LogP contribution in [0.5, 0.6) is 0 Å². The number of hydrogen-bond acceptors (Lipinski definition) is 4. The molecule has 56 valence electrons. The van der Waals surface area contributed by atoms with Crippen molar-refractivity contribution in [2.24, 2.45) is 9.98 Å². The standard InChI is InChI=1S/C4H5Cl2N3S/c1-10-4(6)8-2-7-3(5)9-4/h2H,1H3,(H,7,8,9). The lowest BCUT2D eigenvalue weighted by Crippen LogP contribution is -2.27. The molecule has 1 aliphatic rings. The maximum Gasteiger partial charge on any atom is 0.279 e. The third-order valence-electron chi connectivity index (χ3n) is 0.903. The predicted molar refractivity (Wildman–Crippen MR) is 47.0 cm³/mol. The Hall–Kier alpha value is 0.0700. The van der Waals surface area contributed by atoms with Gasteiger partial charge in [0.2, 0.25) is 5.29 Å². The molecule has 0 saturated heterocycles. The van der Waals surface area contributed by atoms with Crippen LogP contribution in [-0.4, -0.2) is 22.3 Å². The summed E-state index contributed by atoms with van der Waals surface area (Å²) in [7, 11) is 0. The first-order valence-corrected chi connectivity index (χ1v) is 4.44. The minimum atomic E-state index is -0.956. The summed E-state index contributed by atoms with van der Waals surface area (Å²) in [6, 6.07) is 0. The summed E-state index contributed by atoms with van der Waals surface area (Å²) in [6.45, 7) is 0. The Morgan fingerprint density at radius 2 is 2.50 bits per heavy atom. The number of amidine groups is 1. The van der Waals surface area contributed by atoms with E-state index in [1.165, 1.54) is 18.1 Å². The van der Waals surface area contributed by atoms with Crippen LogP contribution in [-0.2, 0) is 0 Å². The second kappa shape index (κ2) is 2.98. The van der Waals surface area contributed by atoms with Gasteiger partial charge in [0.15, 0.2) is 0 Å². The minimum absolute atomic E-state index is 0.263. The second-order valence-electron chi connectivity index (χ2n) is 1.54. The fourth-order valence-electron chi connectivity index (χ4n) is 0.446. The van der Waals surface area contributed by atoms with Crippen molar-refractivity contribution in [2.45, 2.75) is 4.45 Å². The van der Waals surface area contributed by atoms with Crippen LogP contribution in [0.4, 0.5) is 0 Å². The van der Waals surface area contributed by atoms with E-state index in [1.54, 1.807) is 0 Å². The third-order valence-corrected chi connectivity index (χ3v) is 2.46. The molecule has 0 aliphatic carbocycles. The van der Waals surface area contributed by atoms with Gasteiger partial charge < -0.3 is 5.32 Å². The fourth-order valence-corrected chi connectivity index (χ4v) is 1.18. The molecule has 1 unspecified atom stereocenters. The number of aliphatic imine (C=N–C) groups is 2. The zero-order valence-corrected chi connectivity index (χ0v) is 7.46. The molecule has 1 aliphatic heterocycles. The van der Waals surface area contributed by atoms with Crippen molar-refractivity contribution in [3.63, 3.8) is 0 Å². The van der Waals surface area contributed by atoms with Crippen molar-refractivity contribution in [1.82, 2.24) is 5.32 Å². The summed E-state index contributed by atoms with van der Waals surface area (Å²) >= 11 is 12.6. The SMILES string of the molecule is CSC1(Cl)N=CNC(Cl)=N1. The molecule has 1 heterocycles. The zero-order valence-electron chi connectivity index (χ0n) is 5.14. The Morgan fingerprint density at radius 3 is 2.90 bits per heavy atom. The predicted octanol–water partition coefficient (Wildman–Crippen LogP) is 1.43. The molecule has 0 aromatic heterocycles. The molecule has 0 aromatic carbocycles. The van der Waals surface area contributed by atoms with Crippen molar-refractivity contribution in [2.75, 3.05) is 6.26 Å². The van der Waals surface area contributed by atoms with Crippen molar-refractivity contribution in [1.29, 1.82) is 0 Å². The van der Waals surface area contributed by atoms with Crippen LogP contribution in [0.15, 0.2) is 9.98 Å². The smallest absolute Gasteiger partial charge is 0.279 e. The van der Waals surface area contributed by atoms with Gasteiger partial charge >= 0.3 is 0 Å². The molecule has 1 atom stereocenters. The van der Waals surface area contributed by atoms with E-state index in [4.69, 9.17) is 23.2 Å². The van der Waals surface area contributed by atoms with Crippen LogP contribution in [0, 0.1) is 0 Å². The van der Waals surface area contributed by atoms with Gasteiger partial charge in [0.25, 0.3) is 4.45 Å².